The van der Waals surface area contributed by atoms with Crippen LogP contribution in [0.25, 0.3) is 0 Å². The summed E-state index contributed by atoms with van der Waals surface area (Å²) in [5, 5.41) is 3.04. The van der Waals surface area contributed by atoms with Gasteiger partial charge in [0, 0.05) is 32.6 Å². The Kier molecular flexibility index (Phi) is 8.40. The summed E-state index contributed by atoms with van der Waals surface area (Å²) in [4.78, 5) is 42.5. The number of benzene rings is 2. The Bertz CT molecular complexity index is 982. The molecule has 0 atom stereocenters. The van der Waals surface area contributed by atoms with Gasteiger partial charge in [0.25, 0.3) is 0 Å². The van der Waals surface area contributed by atoms with Crippen molar-refractivity contribution in [1.82, 2.24) is 15.1 Å². The first-order chi connectivity index (χ1) is 17.1. The van der Waals surface area contributed by atoms with Crippen LogP contribution >= 0.6 is 0 Å². The van der Waals surface area contributed by atoms with E-state index in [0.717, 1.165) is 30.4 Å². The molecule has 7 nitrogen and oxygen atoms in total. The molecule has 0 spiro atoms. The molecular formula is C28H35N3O4. The van der Waals surface area contributed by atoms with Gasteiger partial charge in [-0.25, -0.2) is 9.59 Å². The number of nitrogens with zero attached hydrogens (tertiary/aromatic N) is 2. The fourth-order valence-electron chi connectivity index (χ4n) is 4.89. The summed E-state index contributed by atoms with van der Waals surface area (Å²) in [7, 11) is 0. The summed E-state index contributed by atoms with van der Waals surface area (Å²) in [6.45, 7) is 2.12. The highest BCUT2D eigenvalue weighted by Crippen LogP contribution is 2.30. The fourth-order valence-corrected chi connectivity index (χ4v) is 4.89. The first-order valence-corrected chi connectivity index (χ1v) is 12.7. The van der Waals surface area contributed by atoms with E-state index in [9.17, 15) is 14.4 Å². The van der Waals surface area contributed by atoms with Crippen LogP contribution < -0.4 is 5.32 Å². The fraction of sp³-hybridized carbons (Fsp3) is 0.464. The van der Waals surface area contributed by atoms with Crippen LogP contribution in [0.1, 0.15) is 49.7 Å². The predicted molar refractivity (Wildman–Crippen MR) is 134 cm³/mol. The van der Waals surface area contributed by atoms with Crippen LogP contribution in [0.15, 0.2) is 60.7 Å². The molecule has 1 aliphatic heterocycles. The molecule has 7 heteroatoms. The molecule has 0 bridgehead atoms. The lowest BCUT2D eigenvalue weighted by Crippen LogP contribution is -2.61. The molecule has 1 aliphatic carbocycles. The third kappa shape index (κ3) is 6.62. The van der Waals surface area contributed by atoms with E-state index in [2.05, 4.69) is 5.32 Å². The minimum Gasteiger partial charge on any atom is -0.459 e. The van der Waals surface area contributed by atoms with Crippen LogP contribution in [0, 0.1) is 0 Å². The zero-order valence-corrected chi connectivity index (χ0v) is 20.3. The molecule has 1 heterocycles. The number of piperazine rings is 1. The van der Waals surface area contributed by atoms with Gasteiger partial charge in [-0.05, 0) is 30.4 Å². The van der Waals surface area contributed by atoms with Gasteiger partial charge >= 0.3 is 12.0 Å². The summed E-state index contributed by atoms with van der Waals surface area (Å²) >= 11 is 0. The largest absolute Gasteiger partial charge is 0.459 e. The van der Waals surface area contributed by atoms with Crippen LogP contribution in [0.2, 0.25) is 0 Å². The van der Waals surface area contributed by atoms with E-state index in [1.165, 1.54) is 0 Å². The molecule has 2 aromatic carbocycles. The van der Waals surface area contributed by atoms with E-state index in [1.54, 1.807) is 4.90 Å². The van der Waals surface area contributed by atoms with E-state index >= 15 is 0 Å². The number of rotatable bonds is 7. The molecule has 2 aliphatic rings. The Balaban J connectivity index is 1.28. The second-order valence-electron chi connectivity index (χ2n) is 9.49. The Morgan fingerprint density at radius 3 is 1.97 bits per heavy atom. The van der Waals surface area contributed by atoms with Gasteiger partial charge in [-0.15, -0.1) is 0 Å². The van der Waals surface area contributed by atoms with Crippen LogP contribution in [-0.2, 0) is 27.4 Å². The maximum absolute atomic E-state index is 13.1. The summed E-state index contributed by atoms with van der Waals surface area (Å²) in [6.07, 6.45) is 5.16. The van der Waals surface area contributed by atoms with Gasteiger partial charge < -0.3 is 19.9 Å². The highest BCUT2D eigenvalue weighted by atomic mass is 16.5. The van der Waals surface area contributed by atoms with Crippen molar-refractivity contribution in [2.24, 2.45) is 0 Å². The van der Waals surface area contributed by atoms with Gasteiger partial charge in [-0.1, -0.05) is 79.9 Å². The smallest absolute Gasteiger partial charge is 0.332 e. The van der Waals surface area contributed by atoms with Crippen molar-refractivity contribution < 1.29 is 19.1 Å². The lowest BCUT2D eigenvalue weighted by molar-refractivity contribution is -0.154. The number of amides is 3. The molecule has 35 heavy (non-hydrogen) atoms. The second kappa shape index (κ2) is 11.9. The third-order valence-electron chi connectivity index (χ3n) is 7.05. The summed E-state index contributed by atoms with van der Waals surface area (Å²) in [6, 6.07) is 19.3. The maximum atomic E-state index is 13.1. The molecule has 3 amide bonds. The van der Waals surface area contributed by atoms with Crippen molar-refractivity contribution in [1.29, 1.82) is 0 Å². The van der Waals surface area contributed by atoms with Crippen LogP contribution in [-0.4, -0.2) is 59.4 Å². The second-order valence-corrected chi connectivity index (χ2v) is 9.49. The van der Waals surface area contributed by atoms with Gasteiger partial charge in [-0.3, -0.25) is 4.79 Å². The zero-order valence-electron chi connectivity index (χ0n) is 20.3. The third-order valence-corrected chi connectivity index (χ3v) is 7.05. The average Bonchev–Trinajstić information content (AvgIpc) is 2.92. The standard InChI is InChI=1S/C28H35N3O4/c32-25(15-14-23-10-4-1-5-11-23)30-18-20-31(21-19-30)27(34)29-28(16-8-3-9-17-28)26(33)35-22-24-12-6-2-7-13-24/h1-2,4-7,10-13H,3,8-9,14-22H2,(H,29,34). The Morgan fingerprint density at radius 1 is 0.771 bits per heavy atom. The molecular weight excluding hydrogens is 442 g/mol. The van der Waals surface area contributed by atoms with Gasteiger partial charge in [0.2, 0.25) is 5.91 Å². The monoisotopic (exact) mass is 477 g/mol. The molecule has 186 valence electrons. The SMILES string of the molecule is O=C(CCc1ccccc1)N1CCN(C(=O)NC2(C(=O)OCc3ccccc3)CCCCC2)CC1. The van der Waals surface area contributed by atoms with E-state index in [-0.39, 0.29) is 24.5 Å². The molecule has 1 N–H and O–H groups in total. The number of hydrogen-bond acceptors (Lipinski definition) is 4. The van der Waals surface area contributed by atoms with Crippen molar-refractivity contribution in [3.05, 3.63) is 71.8 Å². The van der Waals surface area contributed by atoms with E-state index < -0.39 is 5.54 Å². The summed E-state index contributed by atoms with van der Waals surface area (Å²) in [5.74, 6) is -0.244. The summed E-state index contributed by atoms with van der Waals surface area (Å²) in [5.41, 5.74) is 1.09. The van der Waals surface area contributed by atoms with Gasteiger partial charge in [0.05, 0.1) is 0 Å². The minimum absolute atomic E-state index is 0.113. The number of carbonyl (C=O) groups excluding carboxylic acids is 3. The molecule has 2 aromatic rings. The van der Waals surface area contributed by atoms with Crippen molar-refractivity contribution in [2.75, 3.05) is 26.2 Å². The number of esters is 1. The molecule has 4 rings (SSSR count). The number of carbonyl (C=O) groups is 3. The topological polar surface area (TPSA) is 79.0 Å². The Labute approximate surface area is 207 Å². The van der Waals surface area contributed by atoms with Crippen LogP contribution in [0.4, 0.5) is 4.79 Å². The normalized spacial score (nSPS) is 17.5. The first kappa shape index (κ1) is 24.8. The van der Waals surface area contributed by atoms with Crippen LogP contribution in [0.5, 0.6) is 0 Å². The van der Waals surface area contributed by atoms with E-state index in [4.69, 9.17) is 4.74 Å². The predicted octanol–water partition coefficient (Wildman–Crippen LogP) is 3.92. The quantitative estimate of drug-likeness (QED) is 0.613. The maximum Gasteiger partial charge on any atom is 0.332 e. The number of hydrogen-bond donors (Lipinski definition) is 1. The van der Waals surface area contributed by atoms with Gasteiger partial charge in [0.1, 0.15) is 12.1 Å². The van der Waals surface area contributed by atoms with Crippen molar-refractivity contribution in [2.45, 2.75) is 57.1 Å². The lowest BCUT2D eigenvalue weighted by atomic mass is 9.81. The number of urea groups is 1. The van der Waals surface area contributed by atoms with E-state index in [1.807, 2.05) is 65.6 Å². The molecule has 0 aromatic heterocycles. The Hall–Kier alpha value is -3.35. The van der Waals surface area contributed by atoms with Gasteiger partial charge in [0.15, 0.2) is 0 Å². The minimum atomic E-state index is -0.979. The zero-order chi connectivity index (χ0) is 24.5. The number of nitrogens with one attached hydrogen (secondary N) is 1. The highest BCUT2D eigenvalue weighted by Gasteiger charge is 2.43. The van der Waals surface area contributed by atoms with Crippen molar-refractivity contribution >= 4 is 17.9 Å². The Morgan fingerprint density at radius 2 is 1.34 bits per heavy atom. The number of ether oxygens (including phenoxy) is 1. The van der Waals surface area contributed by atoms with Gasteiger partial charge in [-0.2, -0.15) is 0 Å². The molecule has 1 saturated carbocycles. The molecule has 0 radical (unpaired) electrons. The lowest BCUT2D eigenvalue weighted by Gasteiger charge is -2.40. The summed E-state index contributed by atoms with van der Waals surface area (Å²) < 4.78 is 5.65. The van der Waals surface area contributed by atoms with Crippen molar-refractivity contribution in [3.8, 4) is 0 Å². The van der Waals surface area contributed by atoms with Crippen LogP contribution in [0.3, 0.4) is 0 Å². The molecule has 1 saturated heterocycles. The molecule has 0 unspecified atom stereocenters. The van der Waals surface area contributed by atoms with Crippen molar-refractivity contribution in [3.63, 3.8) is 0 Å². The number of aryl methyl sites for hydroxylation is 1. The highest BCUT2D eigenvalue weighted by molar-refractivity contribution is 5.87. The van der Waals surface area contributed by atoms with E-state index in [0.29, 0.717) is 51.9 Å². The first-order valence-electron chi connectivity index (χ1n) is 12.7. The average molecular weight is 478 g/mol. The molecule has 2 fully saturated rings.